The third-order valence-electron chi connectivity index (χ3n) is 10.3. The van der Waals surface area contributed by atoms with E-state index in [4.69, 9.17) is 13.9 Å². The summed E-state index contributed by atoms with van der Waals surface area (Å²) in [4.78, 5) is 58.8. The van der Waals surface area contributed by atoms with Gasteiger partial charge in [0.1, 0.15) is 5.60 Å². The molecule has 2 aliphatic carbocycles. The Labute approximate surface area is 270 Å². The van der Waals surface area contributed by atoms with Gasteiger partial charge in [-0.15, -0.1) is 0 Å². The lowest BCUT2D eigenvalue weighted by molar-refractivity contribution is -0.157. The number of carbonyl (C=O) groups is 4. The van der Waals surface area contributed by atoms with Crippen LogP contribution in [0.25, 0.3) is 11.1 Å². The summed E-state index contributed by atoms with van der Waals surface area (Å²) < 4.78 is 29.7. The van der Waals surface area contributed by atoms with Crippen molar-refractivity contribution in [1.82, 2.24) is 9.88 Å². The first-order valence-corrected chi connectivity index (χ1v) is 17.0. The lowest BCUT2D eigenvalue weighted by Gasteiger charge is -2.37. The molecule has 0 unspecified atom stereocenters. The first-order valence-electron chi connectivity index (χ1n) is 17.0. The molecule has 252 valence electrons. The highest BCUT2D eigenvalue weighted by atomic mass is 19.1. The Hall–Kier alpha value is -3.30. The van der Waals surface area contributed by atoms with Gasteiger partial charge in [0.15, 0.2) is 5.78 Å². The van der Waals surface area contributed by atoms with E-state index < -0.39 is 30.2 Å². The maximum Gasteiger partial charge on any atom is 0.374 e. The fraction of sp³-hybridized carbons (Fsp3) is 0.694. The lowest BCUT2D eigenvalue weighted by atomic mass is 9.74. The van der Waals surface area contributed by atoms with Crippen molar-refractivity contribution in [1.29, 1.82) is 0 Å². The Morgan fingerprint density at radius 3 is 2.39 bits per heavy atom. The van der Waals surface area contributed by atoms with Gasteiger partial charge in [0.05, 0.1) is 26.2 Å². The van der Waals surface area contributed by atoms with Crippen LogP contribution in [0, 0.1) is 29.6 Å². The van der Waals surface area contributed by atoms with Crippen molar-refractivity contribution in [3.05, 3.63) is 29.7 Å². The predicted molar refractivity (Wildman–Crippen MR) is 170 cm³/mol. The average Bonchev–Trinajstić information content (AvgIpc) is 3.67. The molecule has 1 amide bonds. The second kappa shape index (κ2) is 14.6. The highest BCUT2D eigenvalue weighted by molar-refractivity contribution is 5.94. The number of alkyl halides is 1. The van der Waals surface area contributed by atoms with Gasteiger partial charge in [-0.25, -0.2) is 9.78 Å². The number of likely N-dealkylation sites (tertiary alicyclic amines) is 1. The second-order valence-corrected chi connectivity index (χ2v) is 14.6. The number of amides is 1. The van der Waals surface area contributed by atoms with E-state index in [1.807, 2.05) is 11.0 Å². The van der Waals surface area contributed by atoms with Gasteiger partial charge in [-0.05, 0) is 82.3 Å². The molecule has 46 heavy (non-hydrogen) atoms. The highest BCUT2D eigenvalue weighted by Gasteiger charge is 2.46. The van der Waals surface area contributed by atoms with E-state index in [0.29, 0.717) is 54.8 Å². The Bertz CT molecular complexity index is 1400. The quantitative estimate of drug-likeness (QED) is 0.265. The highest BCUT2D eigenvalue weighted by Crippen LogP contribution is 2.42. The van der Waals surface area contributed by atoms with Gasteiger partial charge in [0.2, 0.25) is 17.4 Å². The van der Waals surface area contributed by atoms with Crippen LogP contribution in [0.3, 0.4) is 0 Å². The number of halogens is 1. The van der Waals surface area contributed by atoms with Gasteiger partial charge in [-0.1, -0.05) is 32.1 Å². The van der Waals surface area contributed by atoms with Crippen molar-refractivity contribution in [2.24, 2.45) is 29.6 Å². The summed E-state index contributed by atoms with van der Waals surface area (Å²) in [5.41, 5.74) is 0.391. The Kier molecular flexibility index (Phi) is 10.8. The number of methoxy groups -OCH3 is 1. The molecule has 2 saturated carbocycles. The minimum atomic E-state index is -0.613. The summed E-state index contributed by atoms with van der Waals surface area (Å²) in [5.74, 6) is -0.913. The number of fused-ring (bicyclic) bond motifs is 1. The Morgan fingerprint density at radius 1 is 1.02 bits per heavy atom. The number of ketones is 1. The Morgan fingerprint density at radius 2 is 1.74 bits per heavy atom. The van der Waals surface area contributed by atoms with Gasteiger partial charge >= 0.3 is 11.9 Å². The molecule has 1 aliphatic heterocycles. The van der Waals surface area contributed by atoms with E-state index in [0.717, 1.165) is 32.1 Å². The number of carbonyl (C=O) groups excluding carboxylic acids is 4. The van der Waals surface area contributed by atoms with Crippen molar-refractivity contribution in [3.8, 4) is 0 Å². The standard InChI is InChI=1S/C36H49FN2O7/c1-36(2,3)46-31(41)19-27(20-37)23-10-12-25(13-11-23)34(42)39-15-14-28(24-8-6-5-7-9-24)32(39)29(40)17-22-16-26-18-30(35(43)44-4)45-33(26)38-21-22/h16,18,21,23-25,27-28,32H,5-15,17,19-20H2,1-4H3/t23?,25?,27-,28+,32+/m1/s1. The summed E-state index contributed by atoms with van der Waals surface area (Å²) in [7, 11) is 1.28. The fourth-order valence-electron chi connectivity index (χ4n) is 8.13. The zero-order valence-corrected chi connectivity index (χ0v) is 27.7. The monoisotopic (exact) mass is 640 g/mol. The zero-order valence-electron chi connectivity index (χ0n) is 27.7. The van der Waals surface area contributed by atoms with Crippen molar-refractivity contribution in [2.45, 2.75) is 109 Å². The molecule has 2 aromatic heterocycles. The summed E-state index contributed by atoms with van der Waals surface area (Å²) in [6.07, 6.45) is 10.9. The first-order chi connectivity index (χ1) is 22.0. The van der Waals surface area contributed by atoms with Crippen LogP contribution in [0.4, 0.5) is 4.39 Å². The predicted octanol–water partition coefficient (Wildman–Crippen LogP) is 6.65. The van der Waals surface area contributed by atoms with Crippen LogP contribution >= 0.6 is 0 Å². The maximum atomic E-state index is 14.1. The number of pyridine rings is 1. The molecule has 3 fully saturated rings. The molecular weight excluding hydrogens is 591 g/mol. The average molecular weight is 641 g/mol. The van der Waals surface area contributed by atoms with E-state index in [2.05, 4.69) is 4.98 Å². The van der Waals surface area contributed by atoms with E-state index in [9.17, 15) is 23.6 Å². The number of hydrogen-bond donors (Lipinski definition) is 0. The van der Waals surface area contributed by atoms with Crippen LogP contribution in [0.5, 0.6) is 0 Å². The molecule has 0 N–H and O–H groups in total. The van der Waals surface area contributed by atoms with Gasteiger partial charge in [-0.2, -0.15) is 0 Å². The van der Waals surface area contributed by atoms with Gasteiger partial charge in [0, 0.05) is 42.5 Å². The summed E-state index contributed by atoms with van der Waals surface area (Å²) in [6.45, 7) is 5.40. The minimum absolute atomic E-state index is 0.0165. The molecule has 3 heterocycles. The second-order valence-electron chi connectivity index (χ2n) is 14.6. The Balaban J connectivity index is 1.27. The van der Waals surface area contributed by atoms with E-state index in [-0.39, 0.29) is 54.0 Å². The molecule has 2 aromatic rings. The molecule has 3 atom stereocenters. The summed E-state index contributed by atoms with van der Waals surface area (Å²) in [5, 5.41) is 0.615. The maximum absolute atomic E-state index is 14.1. The van der Waals surface area contributed by atoms with Crippen LogP contribution in [0.2, 0.25) is 0 Å². The molecule has 5 rings (SSSR count). The molecule has 0 bridgehead atoms. The number of aromatic nitrogens is 1. The molecular formula is C36H49FN2O7. The number of hydrogen-bond acceptors (Lipinski definition) is 8. The van der Waals surface area contributed by atoms with Crippen molar-refractivity contribution >= 4 is 34.7 Å². The third kappa shape index (κ3) is 7.97. The van der Waals surface area contributed by atoms with Crippen LogP contribution in [-0.2, 0) is 30.3 Å². The van der Waals surface area contributed by atoms with Gasteiger partial charge in [-0.3, -0.25) is 18.8 Å². The molecule has 0 spiro atoms. The molecule has 9 nitrogen and oxygen atoms in total. The topological polar surface area (TPSA) is 116 Å². The van der Waals surface area contributed by atoms with Crippen molar-refractivity contribution in [2.75, 3.05) is 20.3 Å². The van der Waals surface area contributed by atoms with Crippen LogP contribution < -0.4 is 0 Å². The molecule has 0 radical (unpaired) electrons. The van der Waals surface area contributed by atoms with Crippen LogP contribution in [0.15, 0.2) is 22.7 Å². The first kappa shape index (κ1) is 34.0. The number of furan rings is 1. The fourth-order valence-corrected chi connectivity index (χ4v) is 8.13. The number of nitrogens with zero attached hydrogens (tertiary/aromatic N) is 2. The van der Waals surface area contributed by atoms with Gasteiger partial charge < -0.3 is 18.8 Å². The smallest absolute Gasteiger partial charge is 0.374 e. The largest absolute Gasteiger partial charge is 0.463 e. The minimum Gasteiger partial charge on any atom is -0.463 e. The lowest BCUT2D eigenvalue weighted by Crippen LogP contribution is -2.48. The van der Waals surface area contributed by atoms with Gasteiger partial charge in [0.25, 0.3) is 0 Å². The molecule has 1 saturated heterocycles. The number of Topliss-reactive ketones (excluding diaryl/α,β-unsaturated/α-hetero) is 1. The van der Waals surface area contributed by atoms with E-state index in [1.54, 1.807) is 33.0 Å². The van der Waals surface area contributed by atoms with Crippen molar-refractivity contribution in [3.63, 3.8) is 0 Å². The van der Waals surface area contributed by atoms with Crippen LogP contribution in [0.1, 0.15) is 108 Å². The van der Waals surface area contributed by atoms with Crippen molar-refractivity contribution < 1.29 is 37.5 Å². The van der Waals surface area contributed by atoms with E-state index >= 15 is 0 Å². The zero-order chi connectivity index (χ0) is 33.0. The summed E-state index contributed by atoms with van der Waals surface area (Å²) in [6, 6.07) is 2.90. The molecule has 0 aromatic carbocycles. The SMILES string of the molecule is COC(=O)c1cc2cc(CC(=O)[C@@H]3[C@H](C4CCCCC4)CCN3C(=O)C3CCC([C@@H](CF)CC(=O)OC(C)(C)C)CC3)cnc2o1. The number of ether oxygens (including phenoxy) is 2. The normalized spacial score (nSPS) is 24.9. The van der Waals surface area contributed by atoms with Crippen LogP contribution in [-0.4, -0.2) is 65.5 Å². The number of esters is 2. The third-order valence-corrected chi connectivity index (χ3v) is 10.3. The molecule has 3 aliphatic rings. The number of rotatable bonds is 10. The summed E-state index contributed by atoms with van der Waals surface area (Å²) >= 11 is 0. The van der Waals surface area contributed by atoms with E-state index in [1.165, 1.54) is 13.5 Å². The molecule has 10 heteroatoms.